The van der Waals surface area contributed by atoms with Crippen molar-refractivity contribution in [3.8, 4) is 0 Å². The summed E-state index contributed by atoms with van der Waals surface area (Å²) in [6, 6.07) is 2.15. The molecular weight excluding hydrogens is 140 g/mol. The predicted molar refractivity (Wildman–Crippen MR) is 43.9 cm³/mol. The van der Waals surface area contributed by atoms with Crippen LogP contribution in [-0.2, 0) is 0 Å². The molecule has 1 rings (SSSR count). The highest BCUT2D eigenvalue weighted by Crippen LogP contribution is 1.90. The van der Waals surface area contributed by atoms with Crippen molar-refractivity contribution in [2.24, 2.45) is 0 Å². The summed E-state index contributed by atoms with van der Waals surface area (Å²) >= 11 is 0. The van der Waals surface area contributed by atoms with Crippen LogP contribution in [0.2, 0.25) is 0 Å². The Morgan fingerprint density at radius 1 is 1.27 bits per heavy atom. The molecular formula is C7H12N4. The normalized spacial score (nSPS) is 10.1. The lowest BCUT2D eigenvalue weighted by molar-refractivity contribution is 0.653. The van der Waals surface area contributed by atoms with Crippen LogP contribution in [0.5, 0.6) is 0 Å². The number of hydrazine groups is 1. The maximum absolute atomic E-state index is 3.97. The first-order valence-corrected chi connectivity index (χ1v) is 3.57. The van der Waals surface area contributed by atoms with E-state index in [1.54, 1.807) is 18.5 Å². The summed E-state index contributed by atoms with van der Waals surface area (Å²) in [5.74, 6) is 0.598. The first kappa shape index (κ1) is 7.94. The van der Waals surface area contributed by atoms with E-state index in [1.807, 2.05) is 13.8 Å². The Kier molecular flexibility index (Phi) is 2.80. The van der Waals surface area contributed by atoms with Crippen LogP contribution in [0.4, 0.5) is 5.95 Å². The summed E-state index contributed by atoms with van der Waals surface area (Å²) < 4.78 is 0. The average Bonchev–Trinajstić information content (AvgIpc) is 2.03. The summed E-state index contributed by atoms with van der Waals surface area (Å²) in [6.07, 6.45) is 3.38. The van der Waals surface area contributed by atoms with Crippen molar-refractivity contribution in [1.29, 1.82) is 0 Å². The van der Waals surface area contributed by atoms with Gasteiger partial charge >= 0.3 is 0 Å². The van der Waals surface area contributed by atoms with Crippen molar-refractivity contribution in [1.82, 2.24) is 15.4 Å². The largest absolute Gasteiger partial charge is 0.289 e. The Bertz CT molecular complexity index is 197. The summed E-state index contributed by atoms with van der Waals surface area (Å²) in [5, 5.41) is 0. The number of aromatic nitrogens is 2. The quantitative estimate of drug-likeness (QED) is 0.629. The molecule has 0 aliphatic rings. The molecule has 60 valence electrons. The van der Waals surface area contributed by atoms with Gasteiger partial charge in [0.1, 0.15) is 0 Å². The Morgan fingerprint density at radius 3 is 2.45 bits per heavy atom. The Labute approximate surface area is 66.0 Å². The number of nitrogens with zero attached hydrogens (tertiary/aromatic N) is 2. The van der Waals surface area contributed by atoms with E-state index in [9.17, 15) is 0 Å². The van der Waals surface area contributed by atoms with Gasteiger partial charge < -0.3 is 0 Å². The van der Waals surface area contributed by atoms with Crippen LogP contribution in [0.15, 0.2) is 18.5 Å². The van der Waals surface area contributed by atoms with Gasteiger partial charge in [-0.2, -0.15) is 0 Å². The van der Waals surface area contributed by atoms with Gasteiger partial charge in [0.15, 0.2) is 0 Å². The van der Waals surface area contributed by atoms with Gasteiger partial charge in [-0.1, -0.05) is 0 Å². The molecule has 2 N–H and O–H groups in total. The highest BCUT2D eigenvalue weighted by Gasteiger charge is 1.92. The molecule has 0 fully saturated rings. The molecule has 0 aromatic carbocycles. The third kappa shape index (κ3) is 2.95. The fourth-order valence-electron chi connectivity index (χ4n) is 0.573. The molecule has 11 heavy (non-hydrogen) atoms. The minimum absolute atomic E-state index is 0.374. The lowest BCUT2D eigenvalue weighted by atomic mass is 10.4. The van der Waals surface area contributed by atoms with Gasteiger partial charge in [0, 0.05) is 18.4 Å². The molecule has 0 bridgehead atoms. The maximum Gasteiger partial charge on any atom is 0.237 e. The van der Waals surface area contributed by atoms with Gasteiger partial charge in [-0.3, -0.25) is 5.43 Å². The fraction of sp³-hybridized carbons (Fsp3) is 0.429. The van der Waals surface area contributed by atoms with Gasteiger partial charge in [-0.05, 0) is 19.9 Å². The van der Waals surface area contributed by atoms with Crippen molar-refractivity contribution >= 4 is 5.95 Å². The molecule has 0 spiro atoms. The molecule has 1 aromatic rings. The lowest BCUT2D eigenvalue weighted by Crippen LogP contribution is -2.29. The maximum atomic E-state index is 3.97. The second kappa shape index (κ2) is 3.88. The third-order valence-corrected chi connectivity index (χ3v) is 1.04. The van der Waals surface area contributed by atoms with Crippen molar-refractivity contribution in [3.05, 3.63) is 18.5 Å². The van der Waals surface area contributed by atoms with Crippen LogP contribution in [0.25, 0.3) is 0 Å². The fourth-order valence-corrected chi connectivity index (χ4v) is 0.573. The predicted octanol–water partition coefficient (Wildman–Crippen LogP) is 0.801. The highest BCUT2D eigenvalue weighted by atomic mass is 15.4. The number of hydrogen-bond donors (Lipinski definition) is 2. The van der Waals surface area contributed by atoms with Gasteiger partial charge in [0.25, 0.3) is 0 Å². The smallest absolute Gasteiger partial charge is 0.237 e. The summed E-state index contributed by atoms with van der Waals surface area (Å²) in [7, 11) is 0. The molecule has 1 aromatic heterocycles. The summed E-state index contributed by atoms with van der Waals surface area (Å²) in [6.45, 7) is 4.08. The summed E-state index contributed by atoms with van der Waals surface area (Å²) in [4.78, 5) is 7.93. The van der Waals surface area contributed by atoms with E-state index in [0.29, 0.717) is 12.0 Å². The molecule has 0 saturated heterocycles. The van der Waals surface area contributed by atoms with Crippen molar-refractivity contribution in [3.63, 3.8) is 0 Å². The monoisotopic (exact) mass is 152 g/mol. The average molecular weight is 152 g/mol. The Morgan fingerprint density at radius 2 is 1.91 bits per heavy atom. The molecule has 0 unspecified atom stereocenters. The number of hydrogen-bond acceptors (Lipinski definition) is 4. The molecule has 0 atom stereocenters. The first-order chi connectivity index (χ1) is 5.29. The number of anilines is 1. The second-order valence-corrected chi connectivity index (χ2v) is 2.50. The van der Waals surface area contributed by atoms with E-state index in [1.165, 1.54) is 0 Å². The zero-order chi connectivity index (χ0) is 8.10. The Balaban J connectivity index is 2.39. The SMILES string of the molecule is CC(C)NNc1ncccn1. The number of rotatable bonds is 3. The van der Waals surface area contributed by atoms with Gasteiger partial charge in [0.05, 0.1) is 0 Å². The molecule has 4 nitrogen and oxygen atoms in total. The zero-order valence-electron chi connectivity index (χ0n) is 6.70. The van der Waals surface area contributed by atoms with Crippen LogP contribution < -0.4 is 10.9 Å². The first-order valence-electron chi connectivity index (χ1n) is 3.57. The zero-order valence-corrected chi connectivity index (χ0v) is 6.70. The third-order valence-electron chi connectivity index (χ3n) is 1.04. The molecule has 0 radical (unpaired) electrons. The molecule has 1 heterocycles. The van der Waals surface area contributed by atoms with Crippen LogP contribution >= 0.6 is 0 Å². The van der Waals surface area contributed by atoms with Crippen LogP contribution in [0.3, 0.4) is 0 Å². The van der Waals surface area contributed by atoms with Crippen molar-refractivity contribution < 1.29 is 0 Å². The van der Waals surface area contributed by atoms with E-state index < -0.39 is 0 Å². The molecule has 0 amide bonds. The minimum Gasteiger partial charge on any atom is -0.289 e. The van der Waals surface area contributed by atoms with Crippen LogP contribution in [-0.4, -0.2) is 16.0 Å². The number of nitrogens with one attached hydrogen (secondary N) is 2. The van der Waals surface area contributed by atoms with Crippen LogP contribution in [0, 0.1) is 0 Å². The molecule has 0 aliphatic carbocycles. The van der Waals surface area contributed by atoms with Gasteiger partial charge in [-0.25, -0.2) is 15.4 Å². The molecule has 0 saturated carbocycles. The topological polar surface area (TPSA) is 49.8 Å². The van der Waals surface area contributed by atoms with E-state index in [4.69, 9.17) is 0 Å². The van der Waals surface area contributed by atoms with Gasteiger partial charge in [-0.15, -0.1) is 0 Å². The standard InChI is InChI=1S/C7H12N4/c1-6(2)10-11-7-8-4-3-5-9-7/h3-6,10H,1-2H3,(H,8,9,11). The van der Waals surface area contributed by atoms with E-state index >= 15 is 0 Å². The van der Waals surface area contributed by atoms with Crippen molar-refractivity contribution in [2.45, 2.75) is 19.9 Å². The van der Waals surface area contributed by atoms with Crippen molar-refractivity contribution in [2.75, 3.05) is 5.43 Å². The van der Waals surface area contributed by atoms with E-state index in [2.05, 4.69) is 20.8 Å². The van der Waals surface area contributed by atoms with Crippen LogP contribution in [0.1, 0.15) is 13.8 Å². The molecule has 0 aliphatic heterocycles. The van der Waals surface area contributed by atoms with E-state index in [0.717, 1.165) is 0 Å². The summed E-state index contributed by atoms with van der Waals surface area (Å²) in [5.41, 5.74) is 5.86. The highest BCUT2D eigenvalue weighted by molar-refractivity contribution is 5.19. The van der Waals surface area contributed by atoms with E-state index in [-0.39, 0.29) is 0 Å². The lowest BCUT2D eigenvalue weighted by Gasteiger charge is -2.08. The Hall–Kier alpha value is -1.16. The second-order valence-electron chi connectivity index (χ2n) is 2.50. The molecule has 4 heteroatoms. The minimum atomic E-state index is 0.374. The van der Waals surface area contributed by atoms with Gasteiger partial charge in [0.2, 0.25) is 5.95 Å².